The predicted molar refractivity (Wildman–Crippen MR) is 98.8 cm³/mol. The lowest BCUT2D eigenvalue weighted by atomic mass is 10.3. The van der Waals surface area contributed by atoms with Gasteiger partial charge in [0.15, 0.2) is 0 Å². The van der Waals surface area contributed by atoms with E-state index < -0.39 is 0 Å². The Morgan fingerprint density at radius 3 is 2.88 bits per heavy atom. The maximum absolute atomic E-state index is 11.9. The fraction of sp³-hybridized carbons (Fsp3) is 0.588. The van der Waals surface area contributed by atoms with Gasteiger partial charge in [0.2, 0.25) is 17.6 Å². The van der Waals surface area contributed by atoms with E-state index in [0.29, 0.717) is 38.0 Å². The lowest BCUT2D eigenvalue weighted by Gasteiger charge is -2.33. The Bertz CT molecular complexity index is 668. The molecule has 1 aliphatic rings. The van der Waals surface area contributed by atoms with Gasteiger partial charge in [0.1, 0.15) is 0 Å². The van der Waals surface area contributed by atoms with Gasteiger partial charge in [-0.15, -0.1) is 11.3 Å². The number of aromatic nitrogens is 2. The van der Waals surface area contributed by atoms with Crippen molar-refractivity contribution >= 4 is 17.2 Å². The first-order valence-electron chi connectivity index (χ1n) is 8.81. The van der Waals surface area contributed by atoms with Crippen LogP contribution in [0.5, 0.6) is 0 Å². The zero-order valence-corrected chi connectivity index (χ0v) is 15.8. The molecule has 26 heavy (non-hydrogen) atoms. The number of carbonyl (C=O) groups excluding carboxylic acids is 1. The maximum atomic E-state index is 11.9. The van der Waals surface area contributed by atoms with Gasteiger partial charge < -0.3 is 14.6 Å². The molecular weight excluding hydrogens is 354 g/mol. The fourth-order valence-electron chi connectivity index (χ4n) is 2.83. The van der Waals surface area contributed by atoms with E-state index in [1.807, 2.05) is 17.5 Å². The van der Waals surface area contributed by atoms with Crippen LogP contribution in [-0.2, 0) is 16.1 Å². The Hall–Kier alpha value is -1.81. The predicted octanol–water partition coefficient (Wildman–Crippen LogP) is 1.07. The minimum atomic E-state index is 0.0760. The third-order valence-corrected chi connectivity index (χ3v) is 5.11. The summed E-state index contributed by atoms with van der Waals surface area (Å²) in [4.78, 5) is 21.9. The minimum absolute atomic E-state index is 0.0760. The summed E-state index contributed by atoms with van der Waals surface area (Å²) in [5.74, 6) is 1.36. The second-order valence-electron chi connectivity index (χ2n) is 6.24. The molecule has 1 fully saturated rings. The summed E-state index contributed by atoms with van der Waals surface area (Å²) in [6, 6.07) is 3.96. The van der Waals surface area contributed by atoms with Gasteiger partial charge in [-0.05, 0) is 17.9 Å². The maximum Gasteiger partial charge on any atom is 0.241 e. The molecule has 1 saturated heterocycles. The number of thiophene rings is 1. The standard InChI is InChI=1S/C17H25N5O3S/c1-24-10-3-5-18-15(23)12-21-6-8-22(9-7-21)13-16-19-17(20-25-16)14-4-2-11-26-14/h2,4,11H,3,5-10,12-13H2,1H3,(H,18,23). The molecule has 9 heteroatoms. The molecule has 0 saturated carbocycles. The number of nitrogens with one attached hydrogen (secondary N) is 1. The van der Waals surface area contributed by atoms with Crippen LogP contribution in [0.2, 0.25) is 0 Å². The third-order valence-electron chi connectivity index (χ3n) is 4.25. The van der Waals surface area contributed by atoms with Gasteiger partial charge in [0.25, 0.3) is 0 Å². The summed E-state index contributed by atoms with van der Waals surface area (Å²) in [6.45, 7) is 5.91. The SMILES string of the molecule is COCCCNC(=O)CN1CCN(Cc2nc(-c3cccs3)no2)CC1. The summed E-state index contributed by atoms with van der Waals surface area (Å²) >= 11 is 1.60. The van der Waals surface area contributed by atoms with Crippen molar-refractivity contribution in [3.05, 3.63) is 23.4 Å². The van der Waals surface area contributed by atoms with Crippen molar-refractivity contribution in [1.82, 2.24) is 25.3 Å². The number of carbonyl (C=O) groups is 1. The zero-order valence-electron chi connectivity index (χ0n) is 15.0. The van der Waals surface area contributed by atoms with Gasteiger partial charge >= 0.3 is 0 Å². The first-order chi connectivity index (χ1) is 12.7. The van der Waals surface area contributed by atoms with E-state index in [2.05, 4.69) is 25.3 Å². The van der Waals surface area contributed by atoms with E-state index in [4.69, 9.17) is 9.26 Å². The number of nitrogens with zero attached hydrogens (tertiary/aromatic N) is 4. The van der Waals surface area contributed by atoms with Crippen LogP contribution in [0.1, 0.15) is 12.3 Å². The van der Waals surface area contributed by atoms with Crippen molar-refractivity contribution in [1.29, 1.82) is 0 Å². The van der Waals surface area contributed by atoms with E-state index in [-0.39, 0.29) is 5.91 Å². The van der Waals surface area contributed by atoms with Crippen molar-refractivity contribution in [2.24, 2.45) is 0 Å². The number of ether oxygens (including phenoxy) is 1. The van der Waals surface area contributed by atoms with E-state index in [1.165, 1.54) is 0 Å². The Labute approximate surface area is 157 Å². The first kappa shape index (κ1) is 19.0. The number of hydrogen-bond acceptors (Lipinski definition) is 8. The Morgan fingerprint density at radius 2 is 2.15 bits per heavy atom. The molecule has 0 radical (unpaired) electrons. The lowest BCUT2D eigenvalue weighted by molar-refractivity contribution is -0.122. The van der Waals surface area contributed by atoms with Gasteiger partial charge in [-0.1, -0.05) is 11.2 Å². The van der Waals surface area contributed by atoms with E-state index in [9.17, 15) is 4.79 Å². The van der Waals surface area contributed by atoms with Crippen LogP contribution >= 0.6 is 11.3 Å². The van der Waals surface area contributed by atoms with Crippen LogP contribution in [-0.4, -0.2) is 78.8 Å². The highest BCUT2D eigenvalue weighted by Crippen LogP contribution is 2.21. The van der Waals surface area contributed by atoms with E-state index in [0.717, 1.165) is 37.5 Å². The molecule has 1 N–H and O–H groups in total. The number of amides is 1. The van der Waals surface area contributed by atoms with Gasteiger partial charge in [-0.3, -0.25) is 14.6 Å². The average molecular weight is 379 g/mol. The molecule has 2 aromatic rings. The number of piperazine rings is 1. The van der Waals surface area contributed by atoms with Crippen LogP contribution in [0.15, 0.2) is 22.0 Å². The second-order valence-corrected chi connectivity index (χ2v) is 7.19. The molecule has 3 rings (SSSR count). The van der Waals surface area contributed by atoms with Crippen molar-refractivity contribution in [2.75, 3.05) is 53.0 Å². The third kappa shape index (κ3) is 5.60. The molecule has 0 spiro atoms. The normalized spacial score (nSPS) is 16.0. The smallest absolute Gasteiger partial charge is 0.241 e. The zero-order chi connectivity index (χ0) is 18.2. The van der Waals surface area contributed by atoms with Crippen LogP contribution < -0.4 is 5.32 Å². The topological polar surface area (TPSA) is 83.7 Å². The number of rotatable bonds is 9. The monoisotopic (exact) mass is 379 g/mol. The minimum Gasteiger partial charge on any atom is -0.385 e. The second kappa shape index (κ2) is 9.77. The van der Waals surface area contributed by atoms with Crippen molar-refractivity contribution in [3.8, 4) is 10.7 Å². The largest absolute Gasteiger partial charge is 0.385 e. The van der Waals surface area contributed by atoms with Crippen LogP contribution in [0.4, 0.5) is 0 Å². The Balaban J connectivity index is 1.37. The molecule has 8 nitrogen and oxygen atoms in total. The highest BCUT2D eigenvalue weighted by atomic mass is 32.1. The molecule has 0 aromatic carbocycles. The van der Waals surface area contributed by atoms with Crippen LogP contribution in [0.25, 0.3) is 10.7 Å². The highest BCUT2D eigenvalue weighted by molar-refractivity contribution is 7.13. The molecular formula is C17H25N5O3S. The molecule has 0 aliphatic carbocycles. The van der Waals surface area contributed by atoms with Crippen molar-refractivity contribution in [2.45, 2.75) is 13.0 Å². The summed E-state index contributed by atoms with van der Waals surface area (Å²) in [7, 11) is 1.67. The van der Waals surface area contributed by atoms with E-state index >= 15 is 0 Å². The van der Waals surface area contributed by atoms with Gasteiger partial charge in [0.05, 0.1) is 18.0 Å². The Morgan fingerprint density at radius 1 is 1.35 bits per heavy atom. The van der Waals surface area contributed by atoms with Crippen LogP contribution in [0.3, 0.4) is 0 Å². The Kier molecular flexibility index (Phi) is 7.13. The highest BCUT2D eigenvalue weighted by Gasteiger charge is 2.21. The molecule has 0 bridgehead atoms. The summed E-state index contributed by atoms with van der Waals surface area (Å²) in [5.41, 5.74) is 0. The number of hydrogen-bond donors (Lipinski definition) is 1. The molecule has 2 aromatic heterocycles. The molecule has 0 unspecified atom stereocenters. The summed E-state index contributed by atoms with van der Waals surface area (Å²) < 4.78 is 10.3. The molecule has 0 atom stereocenters. The van der Waals surface area contributed by atoms with Crippen molar-refractivity contribution in [3.63, 3.8) is 0 Å². The van der Waals surface area contributed by atoms with Gasteiger partial charge in [-0.2, -0.15) is 4.98 Å². The molecule has 3 heterocycles. The van der Waals surface area contributed by atoms with Crippen molar-refractivity contribution < 1.29 is 14.1 Å². The number of methoxy groups -OCH3 is 1. The first-order valence-corrected chi connectivity index (χ1v) is 9.69. The molecule has 142 valence electrons. The lowest BCUT2D eigenvalue weighted by Crippen LogP contribution is -2.49. The van der Waals surface area contributed by atoms with Gasteiger partial charge in [-0.25, -0.2) is 0 Å². The quantitative estimate of drug-likeness (QED) is 0.653. The molecule has 1 amide bonds. The molecule has 1 aliphatic heterocycles. The fourth-order valence-corrected chi connectivity index (χ4v) is 3.47. The summed E-state index contributed by atoms with van der Waals surface area (Å²) in [5, 5.41) is 8.97. The van der Waals surface area contributed by atoms with Crippen LogP contribution in [0, 0.1) is 0 Å². The average Bonchev–Trinajstić information content (AvgIpc) is 3.32. The van der Waals surface area contributed by atoms with Gasteiger partial charge in [0, 0.05) is 46.4 Å². The van der Waals surface area contributed by atoms with E-state index in [1.54, 1.807) is 18.4 Å². The summed E-state index contributed by atoms with van der Waals surface area (Å²) in [6.07, 6.45) is 0.841.